The van der Waals surface area contributed by atoms with Gasteiger partial charge in [-0.25, -0.2) is 8.78 Å². The Hall–Kier alpha value is -3.10. The second-order valence-electron chi connectivity index (χ2n) is 5.59. The third-order valence-corrected chi connectivity index (χ3v) is 3.54. The Morgan fingerprint density at radius 3 is 1.50 bits per heavy atom. The van der Waals surface area contributed by atoms with Crippen molar-refractivity contribution in [1.29, 1.82) is 0 Å². The van der Waals surface area contributed by atoms with Gasteiger partial charge in [0.15, 0.2) is 0 Å². The average Bonchev–Trinajstić information content (AvgIpc) is 2.64. The van der Waals surface area contributed by atoms with Crippen LogP contribution in [-0.4, -0.2) is 0 Å². The lowest BCUT2D eigenvalue weighted by atomic mass is 10.1. The zero-order valence-electron chi connectivity index (χ0n) is 14.9. The Balaban J connectivity index is 2.11. The second-order valence-corrected chi connectivity index (χ2v) is 5.59. The molecule has 0 saturated carbocycles. The molecule has 0 aliphatic carbocycles. The first-order valence-electron chi connectivity index (χ1n) is 8.58. The number of hydrogen-bond donors (Lipinski definition) is 0. The quantitative estimate of drug-likeness (QED) is 0.577. The molecule has 2 heteroatoms. The van der Waals surface area contributed by atoms with Crippen molar-refractivity contribution in [3.8, 4) is 23.7 Å². The topological polar surface area (TPSA) is 0 Å². The number of halogens is 2. The van der Waals surface area contributed by atoms with E-state index in [1.165, 1.54) is 12.1 Å². The van der Waals surface area contributed by atoms with Crippen LogP contribution in [0.4, 0.5) is 8.78 Å². The smallest absolute Gasteiger partial charge is 0.131 e. The monoisotopic (exact) mass is 346 g/mol. The lowest BCUT2D eigenvalue weighted by molar-refractivity contribution is 0.624. The lowest BCUT2D eigenvalue weighted by Crippen LogP contribution is -1.84. The molecule has 0 aromatic heterocycles. The van der Waals surface area contributed by atoms with E-state index in [4.69, 9.17) is 0 Å². The van der Waals surface area contributed by atoms with E-state index in [0.29, 0.717) is 22.3 Å². The highest BCUT2D eigenvalue weighted by Crippen LogP contribution is 2.13. The molecule has 2 aromatic rings. The van der Waals surface area contributed by atoms with Gasteiger partial charge in [-0.1, -0.05) is 62.1 Å². The van der Waals surface area contributed by atoms with Crippen LogP contribution in [0.2, 0.25) is 0 Å². The molecule has 0 fully saturated rings. The Morgan fingerprint density at radius 2 is 1.15 bits per heavy atom. The number of allylic oxidation sites excluding steroid dienone is 2. The van der Waals surface area contributed by atoms with E-state index in [1.807, 2.05) is 26.0 Å². The van der Waals surface area contributed by atoms with E-state index in [0.717, 1.165) is 12.8 Å². The summed E-state index contributed by atoms with van der Waals surface area (Å²) in [6, 6.07) is 9.66. The van der Waals surface area contributed by atoms with Crippen LogP contribution in [0.5, 0.6) is 0 Å². The molecule has 0 aliphatic rings. The van der Waals surface area contributed by atoms with Crippen molar-refractivity contribution in [2.75, 3.05) is 0 Å². The van der Waals surface area contributed by atoms with Gasteiger partial charge in [-0.2, -0.15) is 0 Å². The van der Waals surface area contributed by atoms with Gasteiger partial charge in [-0.05, 0) is 48.9 Å². The second kappa shape index (κ2) is 10.0. The van der Waals surface area contributed by atoms with Gasteiger partial charge in [-0.3, -0.25) is 0 Å². The zero-order valence-corrected chi connectivity index (χ0v) is 14.9. The van der Waals surface area contributed by atoms with Gasteiger partial charge in [0, 0.05) is 22.3 Å². The van der Waals surface area contributed by atoms with Crippen molar-refractivity contribution in [3.05, 3.63) is 82.4 Å². The molecule has 0 heterocycles. The van der Waals surface area contributed by atoms with Gasteiger partial charge in [0.25, 0.3) is 0 Å². The zero-order chi connectivity index (χ0) is 18.8. The van der Waals surface area contributed by atoms with Gasteiger partial charge >= 0.3 is 0 Å². The number of hydrogen-bond acceptors (Lipinski definition) is 0. The highest BCUT2D eigenvalue weighted by molar-refractivity contribution is 5.54. The maximum atomic E-state index is 13.9. The van der Waals surface area contributed by atoms with Crippen LogP contribution < -0.4 is 0 Å². The predicted molar refractivity (Wildman–Crippen MR) is 105 cm³/mol. The standard InChI is InChI=1S/C24H20F2/c1-3-5-11-21-15-13-19(17-23(21)25)9-7-8-10-20-14-16-22(12-6-4-2)24(26)18-20/h5-6,11-18H,3-4H2,1-2H3/b11-5+,12-6+. The molecule has 0 aliphatic heterocycles. The fourth-order valence-electron chi connectivity index (χ4n) is 2.18. The summed E-state index contributed by atoms with van der Waals surface area (Å²) in [5.74, 6) is 10.3. The van der Waals surface area contributed by atoms with Crippen LogP contribution in [-0.2, 0) is 0 Å². The van der Waals surface area contributed by atoms with Gasteiger partial charge in [0.05, 0.1) is 0 Å². The fourth-order valence-corrected chi connectivity index (χ4v) is 2.18. The summed E-state index contributed by atoms with van der Waals surface area (Å²) >= 11 is 0. The van der Waals surface area contributed by atoms with Gasteiger partial charge in [0.2, 0.25) is 0 Å². The van der Waals surface area contributed by atoms with Crippen LogP contribution in [0.15, 0.2) is 48.6 Å². The van der Waals surface area contributed by atoms with Crippen molar-refractivity contribution < 1.29 is 8.78 Å². The molecule has 130 valence electrons. The van der Waals surface area contributed by atoms with Crippen LogP contribution in [0.1, 0.15) is 48.9 Å². The molecule has 0 N–H and O–H groups in total. The fraction of sp³-hybridized carbons (Fsp3) is 0.167. The summed E-state index contributed by atoms with van der Waals surface area (Å²) in [7, 11) is 0. The number of benzene rings is 2. The number of rotatable bonds is 4. The molecular weight excluding hydrogens is 326 g/mol. The summed E-state index contributed by atoms with van der Waals surface area (Å²) in [5, 5.41) is 0. The van der Waals surface area contributed by atoms with E-state index in [9.17, 15) is 8.78 Å². The Labute approximate surface area is 154 Å². The first kappa shape index (κ1) is 19.2. The van der Waals surface area contributed by atoms with E-state index in [1.54, 1.807) is 36.4 Å². The molecule has 2 rings (SSSR count). The van der Waals surface area contributed by atoms with E-state index >= 15 is 0 Å². The summed E-state index contributed by atoms with van der Waals surface area (Å²) in [6.07, 6.45) is 9.01. The summed E-state index contributed by atoms with van der Waals surface area (Å²) in [4.78, 5) is 0. The van der Waals surface area contributed by atoms with Crippen LogP contribution >= 0.6 is 0 Å². The predicted octanol–water partition coefficient (Wildman–Crippen LogP) is 6.21. The first-order valence-corrected chi connectivity index (χ1v) is 8.58. The maximum Gasteiger partial charge on any atom is 0.131 e. The highest BCUT2D eigenvalue weighted by atomic mass is 19.1. The average molecular weight is 346 g/mol. The largest absolute Gasteiger partial charge is 0.206 e. The minimum atomic E-state index is -0.313. The van der Waals surface area contributed by atoms with Crippen molar-refractivity contribution in [3.63, 3.8) is 0 Å². The van der Waals surface area contributed by atoms with E-state index in [-0.39, 0.29) is 11.6 Å². The maximum absolute atomic E-state index is 13.9. The molecule has 0 atom stereocenters. The minimum Gasteiger partial charge on any atom is -0.206 e. The Bertz CT molecular complexity index is 862. The van der Waals surface area contributed by atoms with Crippen molar-refractivity contribution >= 4 is 12.2 Å². The molecule has 2 aromatic carbocycles. The van der Waals surface area contributed by atoms with Gasteiger partial charge in [0.1, 0.15) is 11.6 Å². The van der Waals surface area contributed by atoms with Crippen LogP contribution in [0.3, 0.4) is 0 Å². The summed E-state index contributed by atoms with van der Waals surface area (Å²) < 4.78 is 27.8. The normalized spacial score (nSPS) is 10.5. The summed E-state index contributed by atoms with van der Waals surface area (Å²) in [6.45, 7) is 3.99. The van der Waals surface area contributed by atoms with E-state index in [2.05, 4.69) is 23.7 Å². The minimum absolute atomic E-state index is 0.313. The molecular formula is C24H20F2. The van der Waals surface area contributed by atoms with Crippen LogP contribution in [0.25, 0.3) is 12.2 Å². The first-order chi connectivity index (χ1) is 12.6. The van der Waals surface area contributed by atoms with E-state index < -0.39 is 0 Å². The SMILES string of the molecule is CC/C=C/c1ccc(C#CC#Cc2ccc(/C=C/CC)c(F)c2)cc1F. The molecule has 0 bridgehead atoms. The Morgan fingerprint density at radius 1 is 0.731 bits per heavy atom. The molecule has 0 amide bonds. The third kappa shape index (κ3) is 5.76. The van der Waals surface area contributed by atoms with Gasteiger partial charge in [-0.15, -0.1) is 0 Å². The Kier molecular flexibility index (Phi) is 7.41. The molecule has 0 saturated heterocycles. The van der Waals surface area contributed by atoms with Crippen molar-refractivity contribution in [2.24, 2.45) is 0 Å². The molecule has 0 radical (unpaired) electrons. The third-order valence-electron chi connectivity index (χ3n) is 3.54. The highest BCUT2D eigenvalue weighted by Gasteiger charge is 1.99. The summed E-state index contributed by atoms with van der Waals surface area (Å²) in [5.41, 5.74) is 2.18. The van der Waals surface area contributed by atoms with Crippen molar-refractivity contribution in [2.45, 2.75) is 26.7 Å². The molecule has 0 unspecified atom stereocenters. The lowest BCUT2D eigenvalue weighted by Gasteiger charge is -1.97. The molecule has 0 spiro atoms. The van der Waals surface area contributed by atoms with Gasteiger partial charge < -0.3 is 0 Å². The van der Waals surface area contributed by atoms with Crippen LogP contribution in [0, 0.1) is 35.3 Å². The van der Waals surface area contributed by atoms with Crippen molar-refractivity contribution in [1.82, 2.24) is 0 Å². The molecule has 0 nitrogen and oxygen atoms in total. The molecule has 26 heavy (non-hydrogen) atoms.